The molecule has 0 bridgehead atoms. The molecule has 1 aliphatic carbocycles. The molecular weight excluding hydrogens is 361 g/mol. The molecule has 7 nitrogen and oxygen atoms in total. The first-order valence-corrected chi connectivity index (χ1v) is 9.61. The van der Waals surface area contributed by atoms with Gasteiger partial charge in [-0.05, 0) is 56.4 Å². The first kappa shape index (κ1) is 20.0. The fraction of sp³-hybridized carbons (Fsp3) is 0.500. The van der Waals surface area contributed by atoms with Crippen molar-refractivity contribution in [1.82, 2.24) is 25.4 Å². The van der Waals surface area contributed by atoms with Gasteiger partial charge in [-0.3, -0.25) is 14.3 Å². The summed E-state index contributed by atoms with van der Waals surface area (Å²) in [5, 5.41) is 9.97. The van der Waals surface area contributed by atoms with E-state index in [1.54, 1.807) is 17.7 Å². The number of nitrogens with zero attached hydrogens (tertiary/aromatic N) is 3. The average Bonchev–Trinajstić information content (AvgIpc) is 3.09. The van der Waals surface area contributed by atoms with Crippen LogP contribution in [0.15, 0.2) is 24.5 Å². The van der Waals surface area contributed by atoms with Crippen LogP contribution in [0.3, 0.4) is 0 Å². The highest BCUT2D eigenvalue weighted by Gasteiger charge is 2.27. The Morgan fingerprint density at radius 2 is 2.00 bits per heavy atom. The summed E-state index contributed by atoms with van der Waals surface area (Å²) < 4.78 is 15.0. The third-order valence-corrected chi connectivity index (χ3v) is 5.31. The Morgan fingerprint density at radius 1 is 1.25 bits per heavy atom. The minimum atomic E-state index is -0.317. The zero-order chi connectivity index (χ0) is 20.1. The van der Waals surface area contributed by atoms with Gasteiger partial charge in [0.2, 0.25) is 5.91 Å². The highest BCUT2D eigenvalue weighted by atomic mass is 19.1. The number of carbonyl (C=O) groups excluding carboxylic acids is 2. The third-order valence-electron chi connectivity index (χ3n) is 5.31. The molecule has 0 unspecified atom stereocenters. The van der Waals surface area contributed by atoms with E-state index in [9.17, 15) is 14.0 Å². The molecular formula is C20H26FN5O2. The summed E-state index contributed by atoms with van der Waals surface area (Å²) >= 11 is 0. The van der Waals surface area contributed by atoms with Crippen molar-refractivity contribution in [3.05, 3.63) is 47.3 Å². The van der Waals surface area contributed by atoms with Crippen molar-refractivity contribution in [1.29, 1.82) is 0 Å². The molecule has 1 fully saturated rings. The summed E-state index contributed by atoms with van der Waals surface area (Å²) in [4.78, 5) is 28.8. The summed E-state index contributed by atoms with van der Waals surface area (Å²) in [6.45, 7) is 2.17. The SMILES string of the molecule is Cc1cc(C(=O)NC2CCC(C(=O)NCCc3ncnn3C)CC2)ccc1F. The van der Waals surface area contributed by atoms with Crippen molar-refractivity contribution in [2.75, 3.05) is 6.54 Å². The summed E-state index contributed by atoms with van der Waals surface area (Å²) in [5.41, 5.74) is 0.914. The zero-order valence-corrected chi connectivity index (χ0v) is 16.2. The van der Waals surface area contributed by atoms with E-state index in [4.69, 9.17) is 0 Å². The number of nitrogens with one attached hydrogen (secondary N) is 2. The lowest BCUT2D eigenvalue weighted by atomic mass is 9.85. The summed E-state index contributed by atoms with van der Waals surface area (Å²) in [6, 6.07) is 4.40. The van der Waals surface area contributed by atoms with Gasteiger partial charge in [-0.1, -0.05) is 0 Å². The van der Waals surface area contributed by atoms with Gasteiger partial charge < -0.3 is 10.6 Å². The van der Waals surface area contributed by atoms with Crippen LogP contribution in [-0.2, 0) is 18.3 Å². The Hall–Kier alpha value is -2.77. The molecule has 0 aliphatic heterocycles. The Morgan fingerprint density at radius 3 is 2.64 bits per heavy atom. The normalized spacial score (nSPS) is 19.2. The van der Waals surface area contributed by atoms with Crippen molar-refractivity contribution < 1.29 is 14.0 Å². The molecule has 0 radical (unpaired) electrons. The second-order valence-electron chi connectivity index (χ2n) is 7.33. The van der Waals surface area contributed by atoms with Crippen LogP contribution in [0.5, 0.6) is 0 Å². The predicted molar refractivity (Wildman–Crippen MR) is 102 cm³/mol. The number of carbonyl (C=O) groups is 2. The minimum Gasteiger partial charge on any atom is -0.355 e. The minimum absolute atomic E-state index is 0.0271. The van der Waals surface area contributed by atoms with E-state index in [-0.39, 0.29) is 29.6 Å². The lowest BCUT2D eigenvalue weighted by Crippen LogP contribution is -2.41. The van der Waals surface area contributed by atoms with Crippen molar-refractivity contribution in [3.63, 3.8) is 0 Å². The maximum atomic E-state index is 13.4. The summed E-state index contributed by atoms with van der Waals surface area (Å²) in [6.07, 6.45) is 5.14. The molecule has 1 aromatic heterocycles. The van der Waals surface area contributed by atoms with E-state index >= 15 is 0 Å². The standard InChI is InChI=1S/C20H26FN5O2/c1-13-11-15(5-8-17(13)21)20(28)25-16-6-3-14(4-7-16)19(27)22-10-9-18-23-12-24-26(18)2/h5,8,11-12,14,16H,3-4,6-7,9-10H2,1-2H3,(H,22,27)(H,25,28). The lowest BCUT2D eigenvalue weighted by molar-refractivity contribution is -0.126. The van der Waals surface area contributed by atoms with Crippen molar-refractivity contribution in [3.8, 4) is 0 Å². The van der Waals surface area contributed by atoms with Crippen LogP contribution in [0.1, 0.15) is 47.4 Å². The molecule has 0 spiro atoms. The molecule has 1 aliphatic rings. The zero-order valence-electron chi connectivity index (χ0n) is 16.2. The van der Waals surface area contributed by atoms with Crippen molar-refractivity contribution >= 4 is 11.8 Å². The van der Waals surface area contributed by atoms with Crippen LogP contribution in [0, 0.1) is 18.7 Å². The van der Waals surface area contributed by atoms with Crippen molar-refractivity contribution in [2.24, 2.45) is 13.0 Å². The first-order chi connectivity index (χ1) is 13.4. The van der Waals surface area contributed by atoms with E-state index in [0.29, 0.717) is 24.1 Å². The fourth-order valence-corrected chi connectivity index (χ4v) is 3.54. The topological polar surface area (TPSA) is 88.9 Å². The number of aryl methyl sites for hydroxylation is 2. The second-order valence-corrected chi connectivity index (χ2v) is 7.33. The van der Waals surface area contributed by atoms with Gasteiger partial charge in [0.1, 0.15) is 18.0 Å². The monoisotopic (exact) mass is 387 g/mol. The maximum Gasteiger partial charge on any atom is 0.251 e. The van der Waals surface area contributed by atoms with Gasteiger partial charge in [0.25, 0.3) is 5.91 Å². The Kier molecular flexibility index (Phi) is 6.38. The molecule has 1 heterocycles. The van der Waals surface area contributed by atoms with E-state index < -0.39 is 0 Å². The molecule has 28 heavy (non-hydrogen) atoms. The first-order valence-electron chi connectivity index (χ1n) is 9.61. The second kappa shape index (κ2) is 8.95. The molecule has 150 valence electrons. The van der Waals surface area contributed by atoms with E-state index in [2.05, 4.69) is 20.7 Å². The van der Waals surface area contributed by atoms with Gasteiger partial charge in [0, 0.05) is 37.5 Å². The molecule has 1 saturated carbocycles. The van der Waals surface area contributed by atoms with Gasteiger partial charge in [0.15, 0.2) is 0 Å². The molecule has 0 atom stereocenters. The molecule has 8 heteroatoms. The van der Waals surface area contributed by atoms with E-state index in [1.807, 2.05) is 7.05 Å². The summed E-state index contributed by atoms with van der Waals surface area (Å²) in [5.74, 6) is 0.353. The lowest BCUT2D eigenvalue weighted by Gasteiger charge is -2.28. The highest BCUT2D eigenvalue weighted by molar-refractivity contribution is 5.94. The van der Waals surface area contributed by atoms with Gasteiger partial charge in [-0.25, -0.2) is 9.37 Å². The van der Waals surface area contributed by atoms with Crippen LogP contribution < -0.4 is 10.6 Å². The van der Waals surface area contributed by atoms with Crippen LogP contribution in [0.25, 0.3) is 0 Å². The van der Waals surface area contributed by atoms with E-state index in [0.717, 1.165) is 31.5 Å². The number of rotatable bonds is 6. The van der Waals surface area contributed by atoms with Crippen molar-refractivity contribution in [2.45, 2.75) is 45.1 Å². The average molecular weight is 387 g/mol. The van der Waals surface area contributed by atoms with Gasteiger partial charge >= 0.3 is 0 Å². The number of hydrogen-bond acceptors (Lipinski definition) is 4. The number of amides is 2. The Labute approximate surface area is 163 Å². The largest absolute Gasteiger partial charge is 0.355 e. The number of aromatic nitrogens is 3. The number of benzene rings is 1. The van der Waals surface area contributed by atoms with Crippen LogP contribution >= 0.6 is 0 Å². The van der Waals surface area contributed by atoms with Gasteiger partial charge in [0.05, 0.1) is 0 Å². The quantitative estimate of drug-likeness (QED) is 0.792. The van der Waals surface area contributed by atoms with E-state index in [1.165, 1.54) is 18.5 Å². The third kappa shape index (κ3) is 4.94. The van der Waals surface area contributed by atoms with Crippen LogP contribution in [-0.4, -0.2) is 39.2 Å². The van der Waals surface area contributed by atoms with Crippen LogP contribution in [0.4, 0.5) is 4.39 Å². The van der Waals surface area contributed by atoms with Gasteiger partial charge in [-0.2, -0.15) is 5.10 Å². The van der Waals surface area contributed by atoms with Crippen LogP contribution in [0.2, 0.25) is 0 Å². The summed E-state index contributed by atoms with van der Waals surface area (Å²) in [7, 11) is 1.83. The number of hydrogen-bond donors (Lipinski definition) is 2. The molecule has 0 saturated heterocycles. The molecule has 2 aromatic rings. The molecule has 3 rings (SSSR count). The predicted octanol–water partition coefficient (Wildman–Crippen LogP) is 1.91. The molecule has 2 N–H and O–H groups in total. The smallest absolute Gasteiger partial charge is 0.251 e. The fourth-order valence-electron chi connectivity index (χ4n) is 3.54. The number of halogens is 1. The molecule has 1 aromatic carbocycles. The molecule has 2 amide bonds. The maximum absolute atomic E-state index is 13.4. The van der Waals surface area contributed by atoms with Gasteiger partial charge in [-0.15, -0.1) is 0 Å². The Bertz CT molecular complexity index is 843. The highest BCUT2D eigenvalue weighted by Crippen LogP contribution is 2.25. The Balaban J connectivity index is 1.41.